The molecule has 0 bridgehead atoms. The van der Waals surface area contributed by atoms with Gasteiger partial charge in [0.2, 0.25) is 0 Å². The molecule has 0 atom stereocenters. The molecule has 0 saturated carbocycles. The Morgan fingerprint density at radius 2 is 1.80 bits per heavy atom. The van der Waals surface area contributed by atoms with Gasteiger partial charge in [0.25, 0.3) is 10.1 Å². The Morgan fingerprint density at radius 3 is 2.13 bits per heavy atom. The van der Waals surface area contributed by atoms with Gasteiger partial charge < -0.3 is 0 Å². The zero-order chi connectivity index (χ0) is 10.8. The van der Waals surface area contributed by atoms with Crippen molar-refractivity contribution < 1.29 is 13.0 Å². The number of rotatable bonds is 3. The number of hydrogen-bond acceptors (Lipinski definition) is 2. The quantitative estimate of drug-likeness (QED) is 0.490. The third-order valence-electron chi connectivity index (χ3n) is 1.73. The van der Waals surface area contributed by atoms with Gasteiger partial charge in [-0.15, -0.1) is 0 Å². The van der Waals surface area contributed by atoms with E-state index in [0.29, 0.717) is 6.42 Å². The first-order valence-corrected chi connectivity index (χ1v) is 5.54. The third-order valence-corrected chi connectivity index (χ3v) is 2.59. The molecular formula is C10H13NaO3S. The second kappa shape index (κ2) is 5.82. The molecule has 1 N–H and O–H groups in total. The van der Waals surface area contributed by atoms with Crippen LogP contribution in [0.15, 0.2) is 41.3 Å². The number of hydrogen-bond donors (Lipinski definition) is 1. The average Bonchev–Trinajstić information content (AvgIpc) is 2.02. The Bertz CT molecular complexity index is 434. The number of allylic oxidation sites excluding steroid dienone is 1. The Kier molecular flexibility index (Phi) is 5.77. The summed E-state index contributed by atoms with van der Waals surface area (Å²) in [7, 11) is -4.07. The molecule has 78 valence electrons. The molecule has 0 heterocycles. The summed E-state index contributed by atoms with van der Waals surface area (Å²) in [5, 5.41) is 0. The van der Waals surface area contributed by atoms with Crippen LogP contribution in [0, 0.1) is 0 Å². The minimum atomic E-state index is -4.07. The predicted molar refractivity (Wildman–Crippen MR) is 61.9 cm³/mol. The molecule has 0 aromatic heterocycles. The fraction of sp³-hybridized carbons (Fsp3) is 0.200. The van der Waals surface area contributed by atoms with Crippen molar-refractivity contribution in [1.82, 2.24) is 0 Å². The SMILES string of the molecule is C=C(C)Cc1ccc(S(=O)(=O)O)cc1.[NaH]. The summed E-state index contributed by atoms with van der Waals surface area (Å²) in [6, 6.07) is 6.09. The van der Waals surface area contributed by atoms with Crippen LogP contribution in [-0.2, 0) is 16.5 Å². The maximum absolute atomic E-state index is 10.7. The van der Waals surface area contributed by atoms with E-state index >= 15 is 0 Å². The molecule has 0 aliphatic heterocycles. The predicted octanol–water partition coefficient (Wildman–Crippen LogP) is 1.40. The van der Waals surface area contributed by atoms with Crippen molar-refractivity contribution in [2.45, 2.75) is 18.2 Å². The standard InChI is InChI=1S/C10H12O3S.Na.H/c1-8(2)7-9-3-5-10(6-4-9)14(11,12)13;;/h3-6H,1,7H2,2H3,(H,11,12,13);;. The van der Waals surface area contributed by atoms with Gasteiger partial charge in [-0.05, 0) is 31.0 Å². The van der Waals surface area contributed by atoms with E-state index in [1.165, 1.54) is 12.1 Å². The molecule has 1 aromatic carbocycles. The van der Waals surface area contributed by atoms with Crippen LogP contribution in [0.5, 0.6) is 0 Å². The summed E-state index contributed by atoms with van der Waals surface area (Å²) in [6.45, 7) is 5.65. The van der Waals surface area contributed by atoms with E-state index in [-0.39, 0.29) is 34.5 Å². The first-order valence-electron chi connectivity index (χ1n) is 4.10. The minimum absolute atomic E-state index is 0. The van der Waals surface area contributed by atoms with Crippen LogP contribution in [0.25, 0.3) is 0 Å². The van der Waals surface area contributed by atoms with Crippen molar-refractivity contribution in [3.8, 4) is 0 Å². The van der Waals surface area contributed by atoms with Crippen LogP contribution in [0.3, 0.4) is 0 Å². The first-order chi connectivity index (χ1) is 6.39. The molecule has 0 aliphatic carbocycles. The van der Waals surface area contributed by atoms with Crippen molar-refractivity contribution >= 4 is 39.7 Å². The van der Waals surface area contributed by atoms with Crippen LogP contribution in [0.4, 0.5) is 0 Å². The number of benzene rings is 1. The Hall–Kier alpha value is -0.130. The Balaban J connectivity index is 0.00000196. The van der Waals surface area contributed by atoms with Crippen molar-refractivity contribution in [3.63, 3.8) is 0 Å². The normalized spacial score (nSPS) is 10.5. The van der Waals surface area contributed by atoms with Crippen LogP contribution >= 0.6 is 0 Å². The summed E-state index contributed by atoms with van der Waals surface area (Å²) in [6.07, 6.45) is 0.714. The molecule has 0 spiro atoms. The summed E-state index contributed by atoms with van der Waals surface area (Å²) < 4.78 is 30.1. The topological polar surface area (TPSA) is 54.4 Å². The second-order valence-corrected chi connectivity index (χ2v) is 4.67. The molecule has 5 heteroatoms. The van der Waals surface area contributed by atoms with Gasteiger partial charge in [0.05, 0.1) is 4.90 Å². The van der Waals surface area contributed by atoms with Gasteiger partial charge in [-0.2, -0.15) is 8.42 Å². The third kappa shape index (κ3) is 4.95. The molecular weight excluding hydrogens is 223 g/mol. The van der Waals surface area contributed by atoms with E-state index in [0.717, 1.165) is 11.1 Å². The summed E-state index contributed by atoms with van der Waals surface area (Å²) >= 11 is 0. The first kappa shape index (κ1) is 14.9. The molecule has 3 nitrogen and oxygen atoms in total. The van der Waals surface area contributed by atoms with Crippen LogP contribution in [0.1, 0.15) is 12.5 Å². The van der Waals surface area contributed by atoms with E-state index in [9.17, 15) is 8.42 Å². The van der Waals surface area contributed by atoms with E-state index in [1.807, 2.05) is 6.92 Å². The van der Waals surface area contributed by atoms with Crippen molar-refractivity contribution in [2.75, 3.05) is 0 Å². The van der Waals surface area contributed by atoms with Crippen LogP contribution in [0.2, 0.25) is 0 Å². The monoisotopic (exact) mass is 236 g/mol. The van der Waals surface area contributed by atoms with Gasteiger partial charge >= 0.3 is 29.6 Å². The summed E-state index contributed by atoms with van der Waals surface area (Å²) in [5.41, 5.74) is 1.98. The molecule has 0 radical (unpaired) electrons. The molecule has 0 aliphatic rings. The molecule has 15 heavy (non-hydrogen) atoms. The second-order valence-electron chi connectivity index (χ2n) is 3.25. The van der Waals surface area contributed by atoms with E-state index in [1.54, 1.807) is 12.1 Å². The van der Waals surface area contributed by atoms with Gasteiger partial charge in [0.1, 0.15) is 0 Å². The molecule has 0 fully saturated rings. The van der Waals surface area contributed by atoms with Crippen molar-refractivity contribution in [3.05, 3.63) is 42.0 Å². The fourth-order valence-electron chi connectivity index (χ4n) is 1.13. The van der Waals surface area contributed by atoms with Gasteiger partial charge in [0.15, 0.2) is 0 Å². The van der Waals surface area contributed by atoms with Crippen molar-refractivity contribution in [2.24, 2.45) is 0 Å². The van der Waals surface area contributed by atoms with Gasteiger partial charge in [-0.3, -0.25) is 4.55 Å². The molecule has 1 aromatic rings. The summed E-state index contributed by atoms with van der Waals surface area (Å²) in [4.78, 5) is -0.0806. The van der Waals surface area contributed by atoms with Crippen molar-refractivity contribution in [1.29, 1.82) is 0 Å². The maximum atomic E-state index is 10.7. The van der Waals surface area contributed by atoms with Gasteiger partial charge in [-0.25, -0.2) is 0 Å². The van der Waals surface area contributed by atoms with E-state index < -0.39 is 10.1 Å². The molecule has 0 amide bonds. The molecule has 1 rings (SSSR count). The van der Waals surface area contributed by atoms with Crippen LogP contribution < -0.4 is 0 Å². The van der Waals surface area contributed by atoms with Gasteiger partial charge in [-0.1, -0.05) is 24.3 Å². The summed E-state index contributed by atoms with van der Waals surface area (Å²) in [5.74, 6) is 0. The molecule has 0 saturated heterocycles. The Morgan fingerprint density at radius 1 is 1.33 bits per heavy atom. The van der Waals surface area contributed by atoms with E-state index in [4.69, 9.17) is 4.55 Å². The molecule has 0 unspecified atom stereocenters. The average molecular weight is 236 g/mol. The van der Waals surface area contributed by atoms with Crippen LogP contribution in [-0.4, -0.2) is 42.5 Å². The fourth-order valence-corrected chi connectivity index (χ4v) is 1.61. The zero-order valence-corrected chi connectivity index (χ0v) is 8.71. The van der Waals surface area contributed by atoms with E-state index in [2.05, 4.69) is 6.58 Å². The van der Waals surface area contributed by atoms with Gasteiger partial charge in [0, 0.05) is 0 Å². The zero-order valence-electron chi connectivity index (χ0n) is 7.90. The Labute approximate surface area is 112 Å².